The van der Waals surface area contributed by atoms with Crippen molar-refractivity contribution in [1.29, 1.82) is 0 Å². The lowest BCUT2D eigenvalue weighted by Gasteiger charge is -2.37. The van der Waals surface area contributed by atoms with E-state index in [0.29, 0.717) is 12.8 Å². The summed E-state index contributed by atoms with van der Waals surface area (Å²) in [6.45, 7) is 5.17. The van der Waals surface area contributed by atoms with Crippen molar-refractivity contribution >= 4 is 10.2 Å². The highest BCUT2D eigenvalue weighted by Crippen LogP contribution is 2.27. The molecular weight excluding hydrogens is 333 g/mol. The van der Waals surface area contributed by atoms with Crippen molar-refractivity contribution in [1.82, 2.24) is 19.7 Å². The zero-order valence-corrected chi connectivity index (χ0v) is 14.1. The van der Waals surface area contributed by atoms with Gasteiger partial charge in [-0.05, 0) is 44.3 Å². The Morgan fingerprint density at radius 2 is 1.96 bits per heavy atom. The predicted octanol–water partition coefficient (Wildman–Crippen LogP) is 0.437. The molecule has 2 aliphatic heterocycles. The molecule has 6 nitrogen and oxygen atoms in total. The minimum absolute atomic E-state index is 0.251. The van der Waals surface area contributed by atoms with Crippen LogP contribution in [0.3, 0.4) is 0 Å². The SMILES string of the molecule is CC1(CN2CCC(NS(=O)(=O)NCC(F)(F)F)CC2)CCNC1. The van der Waals surface area contributed by atoms with Gasteiger partial charge in [0.15, 0.2) is 0 Å². The number of halogens is 3. The summed E-state index contributed by atoms with van der Waals surface area (Å²) in [5.41, 5.74) is 0.251. The highest BCUT2D eigenvalue weighted by atomic mass is 32.2. The number of hydrogen-bond donors (Lipinski definition) is 3. The van der Waals surface area contributed by atoms with Gasteiger partial charge in [0.05, 0.1) is 0 Å². The Labute approximate surface area is 135 Å². The number of rotatable bonds is 6. The lowest BCUT2D eigenvalue weighted by atomic mass is 9.88. The van der Waals surface area contributed by atoms with Crippen LogP contribution in [-0.4, -0.2) is 64.8 Å². The van der Waals surface area contributed by atoms with Crippen LogP contribution in [0.5, 0.6) is 0 Å². The molecule has 3 N–H and O–H groups in total. The van der Waals surface area contributed by atoms with Crippen molar-refractivity contribution < 1.29 is 21.6 Å². The summed E-state index contributed by atoms with van der Waals surface area (Å²) in [5, 5.41) is 3.35. The molecule has 136 valence electrons. The lowest BCUT2D eigenvalue weighted by Crippen LogP contribution is -2.51. The summed E-state index contributed by atoms with van der Waals surface area (Å²) in [4.78, 5) is 2.31. The third-order valence-corrected chi connectivity index (χ3v) is 5.60. The third kappa shape index (κ3) is 6.54. The first-order valence-electron chi connectivity index (χ1n) is 7.84. The van der Waals surface area contributed by atoms with Gasteiger partial charge in [0.1, 0.15) is 6.54 Å². The zero-order chi connectivity index (χ0) is 17.1. The Balaban J connectivity index is 1.73. The normalized spacial score (nSPS) is 28.3. The molecule has 0 spiro atoms. The monoisotopic (exact) mass is 358 g/mol. The van der Waals surface area contributed by atoms with Gasteiger partial charge < -0.3 is 10.2 Å². The Hall–Kier alpha value is -0.420. The first-order valence-corrected chi connectivity index (χ1v) is 9.32. The van der Waals surface area contributed by atoms with E-state index in [9.17, 15) is 21.6 Å². The van der Waals surface area contributed by atoms with Gasteiger partial charge in [-0.3, -0.25) is 0 Å². The van der Waals surface area contributed by atoms with E-state index in [4.69, 9.17) is 0 Å². The number of piperidine rings is 1. The molecule has 0 amide bonds. The standard InChI is InChI=1S/C13H25F3N4O2S/c1-12(4-5-17-8-12)10-20-6-2-11(3-7-20)19-23(21,22)18-9-13(14,15)16/h11,17-19H,2-10H2,1H3. The van der Waals surface area contributed by atoms with Crippen molar-refractivity contribution in [2.24, 2.45) is 5.41 Å². The number of nitrogens with zero attached hydrogens (tertiary/aromatic N) is 1. The summed E-state index contributed by atoms with van der Waals surface area (Å²) < 4.78 is 63.3. The Kier molecular flexibility index (Phi) is 5.94. The van der Waals surface area contributed by atoms with Crippen LogP contribution in [0.15, 0.2) is 0 Å². The summed E-state index contributed by atoms with van der Waals surface area (Å²) in [7, 11) is -4.11. The molecule has 0 saturated carbocycles. The largest absolute Gasteiger partial charge is 0.402 e. The van der Waals surface area contributed by atoms with E-state index in [1.165, 1.54) is 4.72 Å². The van der Waals surface area contributed by atoms with Crippen LogP contribution in [0.1, 0.15) is 26.2 Å². The fourth-order valence-electron chi connectivity index (χ4n) is 3.19. The summed E-state index contributed by atoms with van der Waals surface area (Å²) in [6, 6.07) is -0.313. The zero-order valence-electron chi connectivity index (χ0n) is 13.2. The van der Waals surface area contributed by atoms with E-state index in [1.807, 2.05) is 0 Å². The van der Waals surface area contributed by atoms with Crippen molar-refractivity contribution in [2.45, 2.75) is 38.4 Å². The van der Waals surface area contributed by atoms with E-state index in [1.54, 1.807) is 0 Å². The van der Waals surface area contributed by atoms with E-state index < -0.39 is 22.9 Å². The van der Waals surface area contributed by atoms with Crippen molar-refractivity contribution in [2.75, 3.05) is 39.3 Å². The number of likely N-dealkylation sites (tertiary alicyclic amines) is 1. The van der Waals surface area contributed by atoms with Crippen molar-refractivity contribution in [3.63, 3.8) is 0 Å². The van der Waals surface area contributed by atoms with Crippen LogP contribution in [0.25, 0.3) is 0 Å². The van der Waals surface area contributed by atoms with E-state index in [2.05, 4.69) is 21.9 Å². The average molecular weight is 358 g/mol. The second-order valence-corrected chi connectivity index (χ2v) is 8.38. The lowest BCUT2D eigenvalue weighted by molar-refractivity contribution is -0.121. The van der Waals surface area contributed by atoms with Crippen LogP contribution >= 0.6 is 0 Å². The van der Waals surface area contributed by atoms with Gasteiger partial charge in [-0.15, -0.1) is 0 Å². The molecule has 10 heteroatoms. The van der Waals surface area contributed by atoms with Crippen LogP contribution in [0.4, 0.5) is 13.2 Å². The maximum atomic E-state index is 12.1. The first kappa shape index (κ1) is 18.9. The van der Waals surface area contributed by atoms with Crippen molar-refractivity contribution in [3.05, 3.63) is 0 Å². The molecule has 1 unspecified atom stereocenters. The summed E-state index contributed by atoms with van der Waals surface area (Å²) in [5.74, 6) is 0. The molecule has 0 aliphatic carbocycles. The first-order chi connectivity index (χ1) is 10.6. The number of alkyl halides is 3. The molecule has 2 heterocycles. The average Bonchev–Trinajstić information content (AvgIpc) is 2.85. The van der Waals surface area contributed by atoms with Crippen LogP contribution < -0.4 is 14.8 Å². The molecule has 2 aliphatic rings. The number of hydrogen-bond acceptors (Lipinski definition) is 4. The molecule has 0 bridgehead atoms. The molecule has 0 aromatic rings. The molecule has 1 atom stereocenters. The van der Waals surface area contributed by atoms with Gasteiger partial charge >= 0.3 is 6.18 Å². The van der Waals surface area contributed by atoms with Gasteiger partial charge in [0.25, 0.3) is 10.2 Å². The van der Waals surface area contributed by atoms with E-state index >= 15 is 0 Å². The molecule has 23 heavy (non-hydrogen) atoms. The summed E-state index contributed by atoms with van der Waals surface area (Å²) in [6.07, 6.45) is -2.21. The van der Waals surface area contributed by atoms with Crippen LogP contribution in [0, 0.1) is 5.41 Å². The van der Waals surface area contributed by atoms with Gasteiger partial charge in [0, 0.05) is 19.1 Å². The van der Waals surface area contributed by atoms with Gasteiger partial charge in [-0.25, -0.2) is 0 Å². The molecule has 2 saturated heterocycles. The van der Waals surface area contributed by atoms with E-state index in [-0.39, 0.29) is 11.5 Å². The molecule has 0 aromatic carbocycles. The highest BCUT2D eigenvalue weighted by molar-refractivity contribution is 7.87. The number of nitrogens with one attached hydrogen (secondary N) is 3. The topological polar surface area (TPSA) is 73.5 Å². The quantitative estimate of drug-likeness (QED) is 0.644. The fraction of sp³-hybridized carbons (Fsp3) is 1.00. The molecule has 2 rings (SSSR count). The second kappa shape index (κ2) is 7.22. The third-order valence-electron chi connectivity index (χ3n) is 4.43. The van der Waals surface area contributed by atoms with Crippen LogP contribution in [0.2, 0.25) is 0 Å². The summed E-state index contributed by atoms with van der Waals surface area (Å²) >= 11 is 0. The second-order valence-electron chi connectivity index (χ2n) is 6.85. The smallest absolute Gasteiger partial charge is 0.316 e. The van der Waals surface area contributed by atoms with Crippen molar-refractivity contribution in [3.8, 4) is 0 Å². The van der Waals surface area contributed by atoms with Crippen LogP contribution in [-0.2, 0) is 10.2 Å². The maximum absolute atomic E-state index is 12.1. The maximum Gasteiger partial charge on any atom is 0.402 e. The van der Waals surface area contributed by atoms with Gasteiger partial charge in [-0.2, -0.15) is 31.0 Å². The van der Waals surface area contributed by atoms with E-state index in [0.717, 1.165) is 39.1 Å². The fourth-order valence-corrected chi connectivity index (χ4v) is 4.30. The minimum Gasteiger partial charge on any atom is -0.316 e. The molecule has 2 fully saturated rings. The highest BCUT2D eigenvalue weighted by Gasteiger charge is 2.33. The predicted molar refractivity (Wildman–Crippen MR) is 81.2 cm³/mol. The molecule has 0 radical (unpaired) electrons. The Morgan fingerprint density at radius 3 is 2.48 bits per heavy atom. The Morgan fingerprint density at radius 1 is 1.30 bits per heavy atom. The molecule has 0 aromatic heterocycles. The van der Waals surface area contributed by atoms with Gasteiger partial charge in [-0.1, -0.05) is 6.92 Å². The minimum atomic E-state index is -4.55. The Bertz CT molecular complexity index is 484. The molecular formula is C13H25F3N4O2S. The van der Waals surface area contributed by atoms with Gasteiger partial charge in [0.2, 0.25) is 0 Å².